The van der Waals surface area contributed by atoms with E-state index in [9.17, 15) is 4.79 Å². The molecule has 0 spiro atoms. The quantitative estimate of drug-likeness (QED) is 0.357. The Hall–Kier alpha value is -5.17. The van der Waals surface area contributed by atoms with E-state index in [0.717, 1.165) is 0 Å². The lowest BCUT2D eigenvalue weighted by Gasteiger charge is -2.11. The highest BCUT2D eigenvalue weighted by molar-refractivity contribution is 5.90. The van der Waals surface area contributed by atoms with Gasteiger partial charge in [-0.3, -0.25) is 0 Å². The molecular weight excluding hydrogens is 450 g/mol. The number of aromatic nitrogens is 3. The van der Waals surface area contributed by atoms with E-state index in [4.69, 9.17) is 24.2 Å². The van der Waals surface area contributed by atoms with Gasteiger partial charge >= 0.3 is 18.0 Å². The second-order valence-electron chi connectivity index (χ2n) is 6.94. The van der Waals surface area contributed by atoms with Gasteiger partial charge in [-0.1, -0.05) is 6.07 Å². The number of hydrogen-bond donors (Lipinski definition) is 1. The van der Waals surface area contributed by atoms with E-state index in [-0.39, 0.29) is 18.0 Å². The van der Waals surface area contributed by atoms with Gasteiger partial charge in [-0.15, -0.1) is 4.98 Å². The molecule has 0 atom stereocenters. The van der Waals surface area contributed by atoms with Crippen LogP contribution >= 0.6 is 0 Å². The molecule has 0 fully saturated rings. The van der Waals surface area contributed by atoms with Gasteiger partial charge in [-0.2, -0.15) is 15.2 Å². The molecule has 4 rings (SSSR count). The molecule has 0 saturated carbocycles. The molecule has 0 aliphatic heterocycles. The molecule has 3 aromatic carbocycles. The number of anilines is 2. The molecule has 0 aliphatic rings. The number of carbonyl (C=O) groups is 1. The van der Waals surface area contributed by atoms with E-state index >= 15 is 0 Å². The molecule has 0 amide bonds. The van der Waals surface area contributed by atoms with Crippen molar-refractivity contribution in [3.05, 3.63) is 83.9 Å². The number of nitrogens with one attached hydrogen (secondary N) is 1. The van der Waals surface area contributed by atoms with Gasteiger partial charge < -0.3 is 24.3 Å². The van der Waals surface area contributed by atoms with Crippen molar-refractivity contribution in [2.75, 3.05) is 19.5 Å². The number of nitriles is 1. The molecule has 1 N–H and O–H groups in total. The predicted molar refractivity (Wildman–Crippen MR) is 125 cm³/mol. The highest BCUT2D eigenvalue weighted by Crippen LogP contribution is 2.26. The molecular formula is C25H19N5O5. The van der Waals surface area contributed by atoms with Crippen molar-refractivity contribution in [2.24, 2.45) is 0 Å². The number of hydrogen-bond acceptors (Lipinski definition) is 10. The van der Waals surface area contributed by atoms with E-state index in [1.165, 1.54) is 7.11 Å². The second kappa shape index (κ2) is 10.6. The van der Waals surface area contributed by atoms with Gasteiger partial charge in [0.15, 0.2) is 0 Å². The smallest absolute Gasteiger partial charge is 0.337 e. The molecule has 1 heterocycles. The summed E-state index contributed by atoms with van der Waals surface area (Å²) in [6.45, 7) is 0. The molecule has 0 unspecified atom stereocenters. The summed E-state index contributed by atoms with van der Waals surface area (Å²) in [5.41, 5.74) is 1.39. The van der Waals surface area contributed by atoms with Crippen molar-refractivity contribution in [3.63, 3.8) is 0 Å². The summed E-state index contributed by atoms with van der Waals surface area (Å²) in [5.74, 6) is 1.21. The third kappa shape index (κ3) is 6.00. The molecule has 0 bridgehead atoms. The lowest BCUT2D eigenvalue weighted by atomic mass is 10.2. The molecule has 174 valence electrons. The maximum Gasteiger partial charge on any atom is 0.337 e. The Balaban J connectivity index is 1.64. The molecule has 0 radical (unpaired) electrons. The third-order valence-electron chi connectivity index (χ3n) is 4.60. The number of carbonyl (C=O) groups excluding carboxylic acids is 1. The van der Waals surface area contributed by atoms with Gasteiger partial charge in [0.25, 0.3) is 0 Å². The number of ether oxygens (including phenoxy) is 4. The Morgan fingerprint density at radius 3 is 2.00 bits per heavy atom. The van der Waals surface area contributed by atoms with Crippen LogP contribution in [0.2, 0.25) is 0 Å². The van der Waals surface area contributed by atoms with Gasteiger partial charge in [-0.05, 0) is 66.7 Å². The van der Waals surface area contributed by atoms with E-state index in [1.54, 1.807) is 79.9 Å². The van der Waals surface area contributed by atoms with E-state index < -0.39 is 5.97 Å². The Labute approximate surface area is 200 Å². The molecule has 10 heteroatoms. The van der Waals surface area contributed by atoms with Crippen LogP contribution in [0.15, 0.2) is 72.8 Å². The summed E-state index contributed by atoms with van der Waals surface area (Å²) in [6, 6.07) is 22.0. The minimum Gasteiger partial charge on any atom is -0.497 e. The van der Waals surface area contributed by atoms with Crippen molar-refractivity contribution in [1.29, 1.82) is 5.26 Å². The highest BCUT2D eigenvalue weighted by atomic mass is 16.5. The lowest BCUT2D eigenvalue weighted by Crippen LogP contribution is -2.05. The first-order valence-electron chi connectivity index (χ1n) is 10.3. The fourth-order valence-electron chi connectivity index (χ4n) is 2.91. The topological polar surface area (TPSA) is 128 Å². The number of esters is 1. The summed E-state index contributed by atoms with van der Waals surface area (Å²) in [4.78, 5) is 24.7. The first kappa shape index (κ1) is 23.0. The van der Waals surface area contributed by atoms with Crippen LogP contribution < -0.4 is 19.5 Å². The molecule has 0 aliphatic carbocycles. The summed E-state index contributed by atoms with van der Waals surface area (Å²) >= 11 is 0. The first-order chi connectivity index (χ1) is 17.1. The molecule has 1 aromatic heterocycles. The standard InChI is InChI=1S/C25H19N5O5/c1-32-19-10-12-21(13-11-19)35-25-29-23(27-18-5-3-4-17(14-18)22(31)33-2)28-24(30-25)34-20-8-6-16(15-26)7-9-20/h3-14H,1-2H3,(H,27,28,29,30). The van der Waals surface area contributed by atoms with Crippen LogP contribution in [0.4, 0.5) is 11.6 Å². The fraction of sp³-hybridized carbons (Fsp3) is 0.0800. The SMILES string of the molecule is COC(=O)c1cccc(Nc2nc(Oc3ccc(C#N)cc3)nc(Oc3ccc(OC)cc3)n2)c1. The van der Waals surface area contributed by atoms with Crippen LogP contribution in [0.5, 0.6) is 29.3 Å². The van der Waals surface area contributed by atoms with Gasteiger partial charge in [0.2, 0.25) is 5.95 Å². The van der Waals surface area contributed by atoms with Crippen molar-refractivity contribution in [1.82, 2.24) is 15.0 Å². The maximum atomic E-state index is 11.9. The number of nitrogens with zero attached hydrogens (tertiary/aromatic N) is 4. The zero-order chi connectivity index (χ0) is 24.6. The third-order valence-corrected chi connectivity index (χ3v) is 4.60. The normalized spacial score (nSPS) is 10.1. The van der Waals surface area contributed by atoms with E-state index in [1.807, 2.05) is 6.07 Å². The van der Waals surface area contributed by atoms with Gasteiger partial charge in [-0.25, -0.2) is 4.79 Å². The van der Waals surface area contributed by atoms with Crippen LogP contribution in [0.3, 0.4) is 0 Å². The van der Waals surface area contributed by atoms with Crippen molar-refractivity contribution >= 4 is 17.6 Å². The van der Waals surface area contributed by atoms with Gasteiger partial charge in [0.1, 0.15) is 17.2 Å². The zero-order valence-corrected chi connectivity index (χ0v) is 18.8. The van der Waals surface area contributed by atoms with E-state index in [2.05, 4.69) is 20.3 Å². The van der Waals surface area contributed by atoms with Crippen LogP contribution in [0, 0.1) is 11.3 Å². The Morgan fingerprint density at radius 1 is 0.829 bits per heavy atom. The number of methoxy groups -OCH3 is 2. The minimum absolute atomic E-state index is 0.0274. The summed E-state index contributed by atoms with van der Waals surface area (Å²) in [7, 11) is 2.88. The Bertz CT molecular complexity index is 1370. The fourth-order valence-corrected chi connectivity index (χ4v) is 2.91. The average Bonchev–Trinajstić information content (AvgIpc) is 2.89. The predicted octanol–water partition coefficient (Wildman–Crippen LogP) is 4.87. The van der Waals surface area contributed by atoms with Crippen LogP contribution in [-0.4, -0.2) is 35.1 Å². The molecule has 0 saturated heterocycles. The average molecular weight is 469 g/mol. The van der Waals surface area contributed by atoms with Crippen LogP contribution in [0.1, 0.15) is 15.9 Å². The largest absolute Gasteiger partial charge is 0.497 e. The summed E-state index contributed by atoms with van der Waals surface area (Å²) < 4.78 is 21.5. The summed E-state index contributed by atoms with van der Waals surface area (Å²) in [6.07, 6.45) is 0. The van der Waals surface area contributed by atoms with Crippen LogP contribution in [-0.2, 0) is 4.74 Å². The van der Waals surface area contributed by atoms with Gasteiger partial charge in [0.05, 0.1) is 31.4 Å². The van der Waals surface area contributed by atoms with E-state index in [0.29, 0.717) is 34.1 Å². The Kier molecular flexibility index (Phi) is 6.99. The number of rotatable bonds is 8. The van der Waals surface area contributed by atoms with Crippen molar-refractivity contribution < 1.29 is 23.7 Å². The van der Waals surface area contributed by atoms with Crippen molar-refractivity contribution in [2.45, 2.75) is 0 Å². The molecule has 10 nitrogen and oxygen atoms in total. The zero-order valence-electron chi connectivity index (χ0n) is 18.8. The summed E-state index contributed by atoms with van der Waals surface area (Å²) in [5, 5.41) is 12.0. The second-order valence-corrected chi connectivity index (χ2v) is 6.94. The highest BCUT2D eigenvalue weighted by Gasteiger charge is 2.13. The van der Waals surface area contributed by atoms with Crippen molar-refractivity contribution in [3.8, 4) is 35.3 Å². The minimum atomic E-state index is -0.474. The molecule has 35 heavy (non-hydrogen) atoms. The maximum absolute atomic E-state index is 11.9. The van der Waals surface area contributed by atoms with Crippen LogP contribution in [0.25, 0.3) is 0 Å². The molecule has 4 aromatic rings. The lowest BCUT2D eigenvalue weighted by molar-refractivity contribution is 0.0600. The monoisotopic (exact) mass is 469 g/mol. The Morgan fingerprint density at radius 2 is 1.43 bits per heavy atom. The van der Waals surface area contributed by atoms with Gasteiger partial charge in [0, 0.05) is 5.69 Å². The first-order valence-corrected chi connectivity index (χ1v) is 10.3. The number of benzene rings is 3.